The Balaban J connectivity index is 2.00. The number of hydrogen-bond donors (Lipinski definition) is 2. The Morgan fingerprint density at radius 3 is 2.78 bits per heavy atom. The van der Waals surface area contributed by atoms with E-state index in [2.05, 4.69) is 16.6 Å². The van der Waals surface area contributed by atoms with Crippen molar-refractivity contribution in [3.8, 4) is 0 Å². The molecule has 18 heavy (non-hydrogen) atoms. The van der Waals surface area contributed by atoms with E-state index in [1.807, 2.05) is 11.8 Å². The molecule has 0 bridgehead atoms. The Kier molecular flexibility index (Phi) is 4.47. The largest absolute Gasteiger partial charge is 0.478 e. The number of carbonyl (C=O) groups is 1. The van der Waals surface area contributed by atoms with Gasteiger partial charge in [-0.05, 0) is 38.0 Å². The molecule has 0 spiro atoms. The minimum absolute atomic E-state index is 0.303. The summed E-state index contributed by atoms with van der Waals surface area (Å²) in [4.78, 5) is 15.1. The van der Waals surface area contributed by atoms with Crippen LogP contribution in [-0.2, 0) is 0 Å². The minimum Gasteiger partial charge on any atom is -0.478 e. The third-order valence-electron chi connectivity index (χ3n) is 3.42. The van der Waals surface area contributed by atoms with Gasteiger partial charge < -0.3 is 10.4 Å². The third-order valence-corrected chi connectivity index (χ3v) is 4.56. The molecule has 0 aromatic carbocycles. The Hall–Kier alpha value is -1.23. The van der Waals surface area contributed by atoms with E-state index < -0.39 is 5.97 Å². The molecule has 2 rings (SSSR count). The Morgan fingerprint density at radius 2 is 2.17 bits per heavy atom. The second-order valence-corrected chi connectivity index (χ2v) is 5.72. The van der Waals surface area contributed by atoms with Gasteiger partial charge in [0.05, 0.1) is 17.4 Å². The van der Waals surface area contributed by atoms with Crippen LogP contribution in [0.1, 0.15) is 36.0 Å². The second-order valence-electron chi connectivity index (χ2n) is 4.58. The third kappa shape index (κ3) is 3.16. The molecule has 0 saturated heterocycles. The fourth-order valence-corrected chi connectivity index (χ4v) is 3.10. The van der Waals surface area contributed by atoms with Gasteiger partial charge in [0.25, 0.3) is 0 Å². The van der Waals surface area contributed by atoms with Gasteiger partial charge in [-0.15, -0.1) is 0 Å². The van der Waals surface area contributed by atoms with E-state index in [9.17, 15) is 4.79 Å². The number of thioether (sulfide) groups is 1. The number of nitrogens with one attached hydrogen (secondary N) is 1. The van der Waals surface area contributed by atoms with Crippen LogP contribution < -0.4 is 5.32 Å². The van der Waals surface area contributed by atoms with Crippen LogP contribution in [0.5, 0.6) is 0 Å². The van der Waals surface area contributed by atoms with Crippen molar-refractivity contribution in [2.24, 2.45) is 0 Å². The summed E-state index contributed by atoms with van der Waals surface area (Å²) in [6.45, 7) is 0. The number of aromatic nitrogens is 1. The van der Waals surface area contributed by atoms with Crippen molar-refractivity contribution in [1.29, 1.82) is 0 Å². The topological polar surface area (TPSA) is 62.2 Å². The number of nitrogens with zero attached hydrogens (tertiary/aromatic N) is 1. The first-order chi connectivity index (χ1) is 8.70. The fraction of sp³-hybridized carbons (Fsp3) is 0.538. The van der Waals surface area contributed by atoms with E-state index in [0.29, 0.717) is 17.3 Å². The molecular weight excluding hydrogens is 248 g/mol. The molecule has 0 atom stereocenters. The number of carboxylic acid groups (broad SMARTS) is 1. The van der Waals surface area contributed by atoms with Gasteiger partial charge in [-0.1, -0.05) is 0 Å². The molecule has 2 N–H and O–H groups in total. The molecule has 4 nitrogen and oxygen atoms in total. The van der Waals surface area contributed by atoms with Crippen LogP contribution in [-0.4, -0.2) is 33.6 Å². The predicted molar refractivity (Wildman–Crippen MR) is 74.4 cm³/mol. The molecule has 98 valence electrons. The molecule has 1 aliphatic carbocycles. The van der Waals surface area contributed by atoms with Crippen LogP contribution in [0.2, 0.25) is 0 Å². The first kappa shape index (κ1) is 13.2. The van der Waals surface area contributed by atoms with E-state index in [0.717, 1.165) is 18.1 Å². The van der Waals surface area contributed by atoms with Gasteiger partial charge in [-0.25, -0.2) is 4.79 Å². The number of aromatic carboxylic acids is 1. The van der Waals surface area contributed by atoms with Gasteiger partial charge in [0.2, 0.25) is 0 Å². The Labute approximate surface area is 111 Å². The van der Waals surface area contributed by atoms with Gasteiger partial charge in [-0.2, -0.15) is 11.8 Å². The second kappa shape index (κ2) is 6.09. The zero-order chi connectivity index (χ0) is 13.0. The summed E-state index contributed by atoms with van der Waals surface area (Å²) >= 11 is 1.93. The molecule has 0 radical (unpaired) electrons. The number of hydrogen-bond acceptors (Lipinski definition) is 4. The van der Waals surface area contributed by atoms with Crippen LogP contribution >= 0.6 is 11.8 Å². The number of anilines is 1. The lowest BCUT2D eigenvalue weighted by Gasteiger charge is -2.29. The smallest absolute Gasteiger partial charge is 0.337 e. The summed E-state index contributed by atoms with van der Waals surface area (Å²) in [6.07, 6.45) is 9.85. The van der Waals surface area contributed by atoms with Crippen LogP contribution in [0.15, 0.2) is 18.5 Å². The Bertz CT molecular complexity index is 417. The quantitative estimate of drug-likeness (QED) is 0.877. The summed E-state index contributed by atoms with van der Waals surface area (Å²) in [5, 5.41) is 13.2. The highest BCUT2D eigenvalue weighted by molar-refractivity contribution is 7.99. The monoisotopic (exact) mass is 266 g/mol. The lowest BCUT2D eigenvalue weighted by atomic mass is 9.94. The zero-order valence-electron chi connectivity index (χ0n) is 10.4. The highest BCUT2D eigenvalue weighted by atomic mass is 32.2. The van der Waals surface area contributed by atoms with E-state index in [1.165, 1.54) is 25.1 Å². The molecule has 5 heteroatoms. The highest BCUT2D eigenvalue weighted by Crippen LogP contribution is 2.29. The molecule has 1 aliphatic rings. The van der Waals surface area contributed by atoms with Gasteiger partial charge in [0.15, 0.2) is 0 Å². The predicted octanol–water partition coefficient (Wildman–Crippen LogP) is 2.87. The van der Waals surface area contributed by atoms with E-state index in [1.54, 1.807) is 6.20 Å². The van der Waals surface area contributed by atoms with Gasteiger partial charge in [-0.3, -0.25) is 4.98 Å². The van der Waals surface area contributed by atoms with Crippen molar-refractivity contribution in [2.45, 2.75) is 37.0 Å². The number of rotatable bonds is 4. The first-order valence-corrected chi connectivity index (χ1v) is 7.46. The lowest BCUT2D eigenvalue weighted by Crippen LogP contribution is -2.27. The summed E-state index contributed by atoms with van der Waals surface area (Å²) in [6, 6.07) is 1.91. The van der Waals surface area contributed by atoms with E-state index >= 15 is 0 Å². The van der Waals surface area contributed by atoms with Gasteiger partial charge >= 0.3 is 5.97 Å². The molecule has 0 amide bonds. The molecule has 1 saturated carbocycles. The van der Waals surface area contributed by atoms with Crippen LogP contribution in [0.3, 0.4) is 0 Å². The first-order valence-electron chi connectivity index (χ1n) is 6.17. The van der Waals surface area contributed by atoms with E-state index in [-0.39, 0.29) is 0 Å². The van der Waals surface area contributed by atoms with Gasteiger partial charge in [0.1, 0.15) is 0 Å². The molecule has 1 aromatic heterocycles. The van der Waals surface area contributed by atoms with Crippen molar-refractivity contribution in [2.75, 3.05) is 11.6 Å². The van der Waals surface area contributed by atoms with Crippen LogP contribution in [0.4, 0.5) is 5.69 Å². The van der Waals surface area contributed by atoms with Crippen LogP contribution in [0, 0.1) is 0 Å². The fourth-order valence-electron chi connectivity index (χ4n) is 2.36. The number of pyridine rings is 1. The standard InChI is InChI=1S/C13H18N2O2S/c1-18-10-4-2-9(3-5-10)15-12-8-14-7-6-11(12)13(16)17/h6-10,15H,2-5H2,1H3,(H,16,17). The van der Waals surface area contributed by atoms with Crippen molar-refractivity contribution >= 4 is 23.4 Å². The molecule has 1 aromatic rings. The molecule has 0 unspecified atom stereocenters. The maximum atomic E-state index is 11.1. The maximum Gasteiger partial charge on any atom is 0.337 e. The van der Waals surface area contributed by atoms with E-state index in [4.69, 9.17) is 5.11 Å². The normalized spacial score (nSPS) is 23.6. The summed E-state index contributed by atoms with van der Waals surface area (Å²) in [5.74, 6) is -0.905. The molecule has 1 heterocycles. The minimum atomic E-state index is -0.905. The van der Waals surface area contributed by atoms with Gasteiger partial charge in [0, 0.05) is 17.5 Å². The molecule has 1 fully saturated rings. The maximum absolute atomic E-state index is 11.1. The van der Waals surface area contributed by atoms with Crippen molar-refractivity contribution in [3.63, 3.8) is 0 Å². The Morgan fingerprint density at radius 1 is 1.44 bits per heavy atom. The molecule has 0 aliphatic heterocycles. The van der Waals surface area contributed by atoms with Crippen molar-refractivity contribution in [3.05, 3.63) is 24.0 Å². The lowest BCUT2D eigenvalue weighted by molar-refractivity contribution is 0.0697. The molecular formula is C13H18N2O2S. The SMILES string of the molecule is CSC1CCC(Nc2cnccc2C(=O)O)CC1. The number of carboxylic acids is 1. The van der Waals surface area contributed by atoms with Crippen molar-refractivity contribution < 1.29 is 9.90 Å². The average molecular weight is 266 g/mol. The highest BCUT2D eigenvalue weighted by Gasteiger charge is 2.21. The summed E-state index contributed by atoms with van der Waals surface area (Å²) in [5.41, 5.74) is 0.939. The average Bonchev–Trinajstić information content (AvgIpc) is 2.40. The van der Waals surface area contributed by atoms with Crippen LogP contribution in [0.25, 0.3) is 0 Å². The summed E-state index contributed by atoms with van der Waals surface area (Å²) < 4.78 is 0. The zero-order valence-corrected chi connectivity index (χ0v) is 11.2. The van der Waals surface area contributed by atoms with Crippen molar-refractivity contribution in [1.82, 2.24) is 4.98 Å². The summed E-state index contributed by atoms with van der Waals surface area (Å²) in [7, 11) is 0.